The molecule has 4 nitrogen and oxygen atoms in total. The fourth-order valence-electron chi connectivity index (χ4n) is 1.97. The molecule has 0 aromatic carbocycles. The number of nitrogens with two attached hydrogens (primary N) is 1. The van der Waals surface area contributed by atoms with Gasteiger partial charge in [0.2, 0.25) is 0 Å². The van der Waals surface area contributed by atoms with E-state index in [0.29, 0.717) is 22.4 Å². The Morgan fingerprint density at radius 1 is 1.65 bits per heavy atom. The van der Waals surface area contributed by atoms with Crippen molar-refractivity contribution in [2.45, 2.75) is 25.8 Å². The molecular weight excluding hydrogens is 236 g/mol. The largest absolute Gasteiger partial charge is 0.384 e. The lowest BCUT2D eigenvalue weighted by molar-refractivity contribution is 0.604. The zero-order valence-corrected chi connectivity index (χ0v) is 10.8. The monoisotopic (exact) mass is 252 g/mol. The number of hydrogen-bond donors (Lipinski definition) is 2. The minimum absolute atomic E-state index is 0.0221. The normalized spacial score (nSPS) is 16.6. The number of aromatic nitrogens is 1. The van der Waals surface area contributed by atoms with Crippen LogP contribution in [0.4, 0.5) is 5.82 Å². The van der Waals surface area contributed by atoms with Gasteiger partial charge < -0.3 is 10.6 Å². The van der Waals surface area contributed by atoms with Gasteiger partial charge in [-0.1, -0.05) is 11.6 Å². The highest BCUT2D eigenvalue weighted by atomic mass is 35.5. The first kappa shape index (κ1) is 12.2. The number of rotatable bonds is 4. The second kappa shape index (κ2) is 4.53. The van der Waals surface area contributed by atoms with Crippen molar-refractivity contribution in [1.29, 1.82) is 5.41 Å². The van der Waals surface area contributed by atoms with E-state index in [1.165, 1.54) is 12.8 Å². The van der Waals surface area contributed by atoms with Gasteiger partial charge in [0.05, 0.1) is 5.02 Å². The molecule has 1 heterocycles. The van der Waals surface area contributed by atoms with Crippen molar-refractivity contribution in [1.82, 2.24) is 4.98 Å². The fourth-order valence-corrected chi connectivity index (χ4v) is 2.32. The Morgan fingerprint density at radius 3 is 2.82 bits per heavy atom. The van der Waals surface area contributed by atoms with Crippen molar-refractivity contribution >= 4 is 23.3 Å². The molecule has 2 rings (SSSR count). The Kier molecular flexibility index (Phi) is 3.24. The van der Waals surface area contributed by atoms with Crippen LogP contribution in [0.25, 0.3) is 0 Å². The zero-order valence-electron chi connectivity index (χ0n) is 10.1. The van der Waals surface area contributed by atoms with Crippen molar-refractivity contribution in [2.24, 2.45) is 11.7 Å². The van der Waals surface area contributed by atoms with E-state index in [2.05, 4.69) is 16.8 Å². The maximum Gasteiger partial charge on any atom is 0.148 e. The molecule has 1 fully saturated rings. The lowest BCUT2D eigenvalue weighted by Gasteiger charge is -2.27. The van der Waals surface area contributed by atoms with E-state index in [9.17, 15) is 0 Å². The van der Waals surface area contributed by atoms with E-state index in [0.717, 1.165) is 5.92 Å². The predicted molar refractivity (Wildman–Crippen MR) is 70.9 cm³/mol. The molecule has 1 saturated carbocycles. The fraction of sp³-hybridized carbons (Fsp3) is 0.500. The van der Waals surface area contributed by atoms with Crippen LogP contribution in [-0.2, 0) is 0 Å². The molecule has 1 aromatic heterocycles. The summed E-state index contributed by atoms with van der Waals surface area (Å²) in [4.78, 5) is 6.37. The van der Waals surface area contributed by atoms with Gasteiger partial charge in [0.1, 0.15) is 11.7 Å². The summed E-state index contributed by atoms with van der Waals surface area (Å²) in [5.41, 5.74) is 6.03. The van der Waals surface area contributed by atoms with Crippen molar-refractivity contribution in [3.05, 3.63) is 22.8 Å². The van der Waals surface area contributed by atoms with Gasteiger partial charge in [-0.2, -0.15) is 0 Å². The number of nitrogen functional groups attached to an aromatic ring is 1. The van der Waals surface area contributed by atoms with Crippen LogP contribution in [-0.4, -0.2) is 23.9 Å². The maximum absolute atomic E-state index is 7.47. The van der Waals surface area contributed by atoms with E-state index in [4.69, 9.17) is 22.7 Å². The number of anilines is 1. The lowest BCUT2D eigenvalue weighted by Crippen LogP contribution is -2.32. The summed E-state index contributed by atoms with van der Waals surface area (Å²) >= 11 is 6.24. The van der Waals surface area contributed by atoms with Crippen LogP contribution < -0.4 is 10.6 Å². The summed E-state index contributed by atoms with van der Waals surface area (Å²) in [6.45, 7) is 2.18. The molecule has 0 saturated heterocycles. The molecule has 0 bridgehead atoms. The molecule has 0 amide bonds. The molecule has 5 heteroatoms. The Bertz CT molecular complexity index is 442. The average Bonchev–Trinajstić information content (AvgIpc) is 3.11. The summed E-state index contributed by atoms with van der Waals surface area (Å²) in [5, 5.41) is 7.93. The minimum atomic E-state index is -0.0221. The minimum Gasteiger partial charge on any atom is -0.384 e. The summed E-state index contributed by atoms with van der Waals surface area (Å²) in [6, 6.07) is 2.09. The number of nitrogens with one attached hydrogen (secondary N) is 1. The van der Waals surface area contributed by atoms with Crippen molar-refractivity contribution < 1.29 is 0 Å². The Hall–Kier alpha value is -1.29. The van der Waals surface area contributed by atoms with Gasteiger partial charge in [0.15, 0.2) is 0 Å². The van der Waals surface area contributed by atoms with Gasteiger partial charge >= 0.3 is 0 Å². The average molecular weight is 253 g/mol. The van der Waals surface area contributed by atoms with E-state index in [1.807, 2.05) is 7.05 Å². The number of nitrogens with zero attached hydrogens (tertiary/aromatic N) is 2. The molecule has 1 unspecified atom stereocenters. The molecule has 17 heavy (non-hydrogen) atoms. The highest BCUT2D eigenvalue weighted by Crippen LogP contribution is 2.37. The van der Waals surface area contributed by atoms with Crippen LogP contribution in [0.1, 0.15) is 25.3 Å². The first-order valence-corrected chi connectivity index (χ1v) is 6.12. The number of halogens is 1. The van der Waals surface area contributed by atoms with Crippen LogP contribution in [0.15, 0.2) is 12.3 Å². The van der Waals surface area contributed by atoms with E-state index >= 15 is 0 Å². The SMILES string of the molecule is CC(C1CC1)N(C)c1nccc(C(=N)N)c1Cl. The highest BCUT2D eigenvalue weighted by Gasteiger charge is 2.32. The standard InChI is InChI=1S/C12H17ClN4/c1-7(8-3-4-8)17(2)12-10(13)9(11(14)15)5-6-16-12/h5-8H,3-4H2,1-2H3,(H3,14,15). The van der Waals surface area contributed by atoms with Crippen molar-refractivity contribution in [3.63, 3.8) is 0 Å². The van der Waals surface area contributed by atoms with Crippen LogP contribution in [0, 0.1) is 11.3 Å². The number of pyridine rings is 1. The molecule has 0 radical (unpaired) electrons. The van der Waals surface area contributed by atoms with E-state index in [1.54, 1.807) is 12.3 Å². The molecular formula is C12H17ClN4. The highest BCUT2D eigenvalue weighted by molar-refractivity contribution is 6.36. The third kappa shape index (κ3) is 2.36. The topological polar surface area (TPSA) is 66.0 Å². The Morgan fingerprint density at radius 2 is 2.29 bits per heavy atom. The van der Waals surface area contributed by atoms with E-state index < -0.39 is 0 Å². The summed E-state index contributed by atoms with van der Waals surface area (Å²) in [6.07, 6.45) is 4.19. The van der Waals surface area contributed by atoms with Crippen molar-refractivity contribution in [3.8, 4) is 0 Å². The van der Waals surface area contributed by atoms with Gasteiger partial charge in [-0.25, -0.2) is 4.98 Å². The molecule has 0 aliphatic heterocycles. The van der Waals surface area contributed by atoms with Crippen LogP contribution in [0.3, 0.4) is 0 Å². The van der Waals surface area contributed by atoms with Crippen molar-refractivity contribution in [2.75, 3.05) is 11.9 Å². The van der Waals surface area contributed by atoms with Crippen LogP contribution >= 0.6 is 11.6 Å². The first-order valence-electron chi connectivity index (χ1n) is 5.74. The van der Waals surface area contributed by atoms with Crippen LogP contribution in [0.5, 0.6) is 0 Å². The number of amidine groups is 1. The summed E-state index contributed by atoms with van der Waals surface area (Å²) < 4.78 is 0. The molecule has 1 aromatic rings. The third-order valence-electron chi connectivity index (χ3n) is 3.41. The van der Waals surface area contributed by atoms with Gasteiger partial charge in [-0.3, -0.25) is 5.41 Å². The molecule has 3 N–H and O–H groups in total. The van der Waals surface area contributed by atoms with Gasteiger partial charge in [-0.05, 0) is 31.7 Å². The first-order chi connectivity index (χ1) is 8.02. The molecule has 92 valence electrons. The quantitative estimate of drug-likeness (QED) is 0.638. The van der Waals surface area contributed by atoms with Crippen LogP contribution in [0.2, 0.25) is 5.02 Å². The van der Waals surface area contributed by atoms with Gasteiger partial charge in [-0.15, -0.1) is 0 Å². The van der Waals surface area contributed by atoms with Gasteiger partial charge in [0.25, 0.3) is 0 Å². The Labute approximate surface area is 106 Å². The van der Waals surface area contributed by atoms with Gasteiger partial charge in [0, 0.05) is 24.8 Å². The predicted octanol–water partition coefficient (Wildman–Crippen LogP) is 2.25. The molecule has 0 spiro atoms. The lowest BCUT2D eigenvalue weighted by atomic mass is 10.1. The third-order valence-corrected chi connectivity index (χ3v) is 3.78. The molecule has 1 aliphatic rings. The summed E-state index contributed by atoms with van der Waals surface area (Å²) in [7, 11) is 1.99. The molecule has 1 atom stereocenters. The second-order valence-electron chi connectivity index (χ2n) is 4.60. The Balaban J connectivity index is 2.31. The molecule has 1 aliphatic carbocycles. The zero-order chi connectivity index (χ0) is 12.6. The van der Waals surface area contributed by atoms with E-state index in [-0.39, 0.29) is 5.84 Å². The number of hydrogen-bond acceptors (Lipinski definition) is 3. The second-order valence-corrected chi connectivity index (χ2v) is 4.98. The maximum atomic E-state index is 7.47. The smallest absolute Gasteiger partial charge is 0.148 e. The summed E-state index contributed by atoms with van der Waals surface area (Å²) in [5.74, 6) is 1.42.